The van der Waals surface area contributed by atoms with E-state index in [-0.39, 0.29) is 0 Å². The molecule has 3 rings (SSSR count). The van der Waals surface area contributed by atoms with Crippen molar-refractivity contribution in [2.75, 3.05) is 5.75 Å². The number of halogens is 2. The number of hydrogen-bond donors (Lipinski definition) is 0. The van der Waals surface area contributed by atoms with Gasteiger partial charge < -0.3 is 0 Å². The van der Waals surface area contributed by atoms with Crippen molar-refractivity contribution in [2.45, 2.75) is 19.1 Å². The first kappa shape index (κ1) is 15.1. The van der Waals surface area contributed by atoms with Gasteiger partial charge in [0, 0.05) is 5.56 Å². The molecule has 1 aromatic carbocycles. The monoisotopic (exact) mass is 358 g/mol. The number of aromatic nitrogens is 4. The van der Waals surface area contributed by atoms with Gasteiger partial charge >= 0.3 is 0 Å². The Kier molecular flexibility index (Phi) is 4.69. The van der Waals surface area contributed by atoms with Crippen LogP contribution < -0.4 is 0 Å². The molecule has 3 aromatic rings. The van der Waals surface area contributed by atoms with E-state index in [2.05, 4.69) is 22.2 Å². The molecule has 0 saturated carbocycles. The highest BCUT2D eigenvalue weighted by atomic mass is 35.5. The molecule has 0 aliphatic rings. The molecule has 0 aliphatic heterocycles. The summed E-state index contributed by atoms with van der Waals surface area (Å²) in [4.78, 5) is 0.795. The third-order valence-corrected chi connectivity index (χ3v) is 5.65. The van der Waals surface area contributed by atoms with Crippen LogP contribution in [-0.4, -0.2) is 25.6 Å². The van der Waals surface area contributed by atoms with Gasteiger partial charge in [0.05, 0.1) is 15.8 Å². The molecule has 110 valence electrons. The third-order valence-electron chi connectivity index (χ3n) is 2.80. The lowest BCUT2D eigenvalue weighted by Crippen LogP contribution is -1.94. The lowest BCUT2D eigenvalue weighted by Gasteiger charge is -1.99. The molecule has 0 radical (unpaired) electrons. The van der Waals surface area contributed by atoms with Crippen LogP contribution in [-0.2, 0) is 5.75 Å². The van der Waals surface area contributed by atoms with Crippen molar-refractivity contribution in [1.29, 1.82) is 0 Å². The van der Waals surface area contributed by atoms with Gasteiger partial charge in [0.2, 0.25) is 4.96 Å². The fraction of sp³-hybridized carbons (Fsp3) is 0.308. The summed E-state index contributed by atoms with van der Waals surface area (Å²) in [6.07, 6.45) is 1.15. The van der Waals surface area contributed by atoms with Gasteiger partial charge in [-0.05, 0) is 24.3 Å². The van der Waals surface area contributed by atoms with Gasteiger partial charge in [-0.2, -0.15) is 21.4 Å². The van der Waals surface area contributed by atoms with E-state index in [1.54, 1.807) is 6.07 Å². The summed E-state index contributed by atoms with van der Waals surface area (Å²) < 4.78 is 1.81. The van der Waals surface area contributed by atoms with Crippen molar-refractivity contribution in [1.82, 2.24) is 19.8 Å². The van der Waals surface area contributed by atoms with Crippen LogP contribution in [0.4, 0.5) is 0 Å². The largest absolute Gasteiger partial charge is 0.235 e. The number of rotatable bonds is 5. The average Bonchev–Trinajstić information content (AvgIpc) is 3.04. The predicted molar refractivity (Wildman–Crippen MR) is 90.6 cm³/mol. The second-order valence-electron chi connectivity index (χ2n) is 4.40. The summed E-state index contributed by atoms with van der Waals surface area (Å²) in [6.45, 7) is 2.16. The fourth-order valence-corrected chi connectivity index (χ4v) is 3.75. The van der Waals surface area contributed by atoms with Gasteiger partial charge in [-0.3, -0.25) is 0 Å². The molecule has 0 saturated heterocycles. The lowest BCUT2D eigenvalue weighted by molar-refractivity contribution is 0.887. The molecule has 21 heavy (non-hydrogen) atoms. The van der Waals surface area contributed by atoms with Gasteiger partial charge in [0.15, 0.2) is 5.82 Å². The van der Waals surface area contributed by atoms with Crippen molar-refractivity contribution >= 4 is 51.3 Å². The minimum absolute atomic E-state index is 0.527. The van der Waals surface area contributed by atoms with Gasteiger partial charge in [-0.25, -0.2) is 0 Å². The topological polar surface area (TPSA) is 43.1 Å². The van der Waals surface area contributed by atoms with Crippen LogP contribution in [0.1, 0.15) is 19.2 Å². The van der Waals surface area contributed by atoms with Gasteiger partial charge in [-0.1, -0.05) is 47.5 Å². The highest BCUT2D eigenvalue weighted by Crippen LogP contribution is 2.31. The summed E-state index contributed by atoms with van der Waals surface area (Å²) in [6, 6.07) is 5.51. The van der Waals surface area contributed by atoms with Crippen LogP contribution in [0.5, 0.6) is 0 Å². The molecule has 2 aromatic heterocycles. The van der Waals surface area contributed by atoms with Crippen LogP contribution in [0, 0.1) is 0 Å². The van der Waals surface area contributed by atoms with Crippen LogP contribution in [0.2, 0.25) is 10.0 Å². The Bertz CT molecular complexity index is 769. The molecule has 0 aliphatic carbocycles. The second kappa shape index (κ2) is 6.52. The van der Waals surface area contributed by atoms with Crippen LogP contribution in [0.3, 0.4) is 0 Å². The predicted octanol–water partition coefficient (Wildman–Crippen LogP) is 4.80. The Morgan fingerprint density at radius 2 is 2.10 bits per heavy atom. The van der Waals surface area contributed by atoms with Crippen molar-refractivity contribution in [3.63, 3.8) is 0 Å². The summed E-state index contributed by atoms with van der Waals surface area (Å²) in [5.74, 6) is 2.81. The maximum absolute atomic E-state index is 6.06. The number of benzene rings is 1. The van der Waals surface area contributed by atoms with E-state index in [1.807, 2.05) is 28.4 Å². The first-order chi connectivity index (χ1) is 10.2. The molecule has 0 spiro atoms. The fourth-order valence-electron chi connectivity index (χ4n) is 1.80. The third kappa shape index (κ3) is 3.18. The van der Waals surface area contributed by atoms with E-state index in [0.29, 0.717) is 10.0 Å². The van der Waals surface area contributed by atoms with Gasteiger partial charge in [0.1, 0.15) is 5.01 Å². The molecule has 0 amide bonds. The maximum Gasteiger partial charge on any atom is 0.235 e. The summed E-state index contributed by atoms with van der Waals surface area (Å²) in [7, 11) is 0. The second-order valence-corrected chi connectivity index (χ2v) is 7.27. The Labute approximate surface area is 140 Å². The molecule has 0 bridgehead atoms. The van der Waals surface area contributed by atoms with Crippen molar-refractivity contribution in [3.05, 3.63) is 34.1 Å². The number of hydrogen-bond acceptors (Lipinski definition) is 5. The Morgan fingerprint density at radius 1 is 1.24 bits per heavy atom. The first-order valence-corrected chi connectivity index (χ1v) is 9.16. The molecule has 0 N–H and O–H groups in total. The highest BCUT2D eigenvalue weighted by molar-refractivity contribution is 7.98. The van der Waals surface area contributed by atoms with Crippen LogP contribution in [0.25, 0.3) is 15.5 Å². The van der Waals surface area contributed by atoms with Crippen molar-refractivity contribution in [3.8, 4) is 10.6 Å². The van der Waals surface area contributed by atoms with E-state index in [9.17, 15) is 0 Å². The average molecular weight is 359 g/mol. The van der Waals surface area contributed by atoms with Crippen molar-refractivity contribution in [2.24, 2.45) is 0 Å². The van der Waals surface area contributed by atoms with Crippen LogP contribution in [0.15, 0.2) is 18.2 Å². The summed E-state index contributed by atoms with van der Waals surface area (Å²) in [5, 5.41) is 14.9. The molecule has 2 heterocycles. The molecule has 0 atom stereocenters. The Hall–Kier alpha value is -0.820. The first-order valence-electron chi connectivity index (χ1n) is 6.43. The van der Waals surface area contributed by atoms with E-state index < -0.39 is 0 Å². The number of nitrogens with zero attached hydrogens (tertiary/aromatic N) is 4. The zero-order valence-corrected chi connectivity index (χ0v) is 14.4. The quantitative estimate of drug-likeness (QED) is 0.614. The summed E-state index contributed by atoms with van der Waals surface area (Å²) in [5.41, 5.74) is 0.937. The van der Waals surface area contributed by atoms with Gasteiger partial charge in [-0.15, -0.1) is 10.2 Å². The number of thioether (sulfide) groups is 1. The Balaban J connectivity index is 1.91. The maximum atomic E-state index is 6.06. The van der Waals surface area contributed by atoms with Gasteiger partial charge in [0.25, 0.3) is 0 Å². The minimum atomic E-state index is 0.527. The summed E-state index contributed by atoms with van der Waals surface area (Å²) >= 11 is 15.3. The lowest BCUT2D eigenvalue weighted by atomic mass is 10.2. The van der Waals surface area contributed by atoms with E-state index in [1.165, 1.54) is 11.3 Å². The molecular formula is C13H12Cl2N4S2. The Morgan fingerprint density at radius 3 is 2.86 bits per heavy atom. The highest BCUT2D eigenvalue weighted by Gasteiger charge is 2.13. The normalized spacial score (nSPS) is 11.4. The SMILES string of the molecule is CCCSCc1nnc2sc(-c3ccc(Cl)c(Cl)c3)nn12. The van der Waals surface area contributed by atoms with E-state index >= 15 is 0 Å². The molecule has 0 fully saturated rings. The minimum Gasteiger partial charge on any atom is -0.186 e. The zero-order chi connectivity index (χ0) is 14.8. The molecule has 8 heteroatoms. The standard InChI is InChI=1S/C13H12Cl2N4S2/c1-2-5-20-7-11-16-17-13-19(11)18-12(21-13)8-3-4-9(14)10(15)6-8/h3-4,6H,2,5,7H2,1H3. The number of fused-ring (bicyclic) bond motifs is 1. The molecular weight excluding hydrogens is 347 g/mol. The molecule has 0 unspecified atom stereocenters. The zero-order valence-electron chi connectivity index (χ0n) is 11.2. The van der Waals surface area contributed by atoms with Crippen LogP contribution >= 0.6 is 46.3 Å². The van der Waals surface area contributed by atoms with E-state index in [4.69, 9.17) is 23.2 Å². The van der Waals surface area contributed by atoms with Crippen molar-refractivity contribution < 1.29 is 0 Å². The van der Waals surface area contributed by atoms with E-state index in [0.717, 1.165) is 39.3 Å². The smallest absolute Gasteiger partial charge is 0.186 e. The molecule has 4 nitrogen and oxygen atoms in total.